The predicted molar refractivity (Wildman–Crippen MR) is 68.3 cm³/mol. The van der Waals surface area contributed by atoms with E-state index in [1.165, 1.54) is 0 Å². The van der Waals surface area contributed by atoms with Crippen LogP contribution in [0.2, 0.25) is 0 Å². The van der Waals surface area contributed by atoms with Gasteiger partial charge in [-0.05, 0) is 41.4 Å². The number of hydrogen-bond donors (Lipinski definition) is 2. The maximum Gasteiger partial charge on any atom is 0.228 e. The van der Waals surface area contributed by atoms with Crippen LogP contribution in [-0.2, 0) is 4.79 Å². The first-order chi connectivity index (χ1) is 8.58. The molecule has 2 N–H and O–H groups in total. The Hall–Kier alpha value is -1.01. The van der Waals surface area contributed by atoms with Crippen LogP contribution in [0, 0.1) is 17.6 Å². The number of rotatable bonds is 2. The molecule has 0 aliphatic carbocycles. The van der Waals surface area contributed by atoms with Gasteiger partial charge in [0.05, 0.1) is 16.1 Å². The molecule has 1 fully saturated rings. The fourth-order valence-corrected chi connectivity index (χ4v) is 2.24. The van der Waals surface area contributed by atoms with Crippen molar-refractivity contribution >= 4 is 27.5 Å². The summed E-state index contributed by atoms with van der Waals surface area (Å²) in [7, 11) is 0. The van der Waals surface area contributed by atoms with Crippen molar-refractivity contribution in [3.05, 3.63) is 28.2 Å². The number of halogens is 3. The second-order valence-corrected chi connectivity index (χ2v) is 5.13. The minimum absolute atomic E-state index is 0.0392. The van der Waals surface area contributed by atoms with E-state index in [1.807, 2.05) is 0 Å². The van der Waals surface area contributed by atoms with Gasteiger partial charge in [0.2, 0.25) is 5.91 Å². The highest BCUT2D eigenvalue weighted by atomic mass is 79.9. The lowest BCUT2D eigenvalue weighted by molar-refractivity contribution is -0.120. The molecule has 1 aromatic rings. The molecule has 1 aliphatic heterocycles. The monoisotopic (exact) mass is 318 g/mol. The summed E-state index contributed by atoms with van der Waals surface area (Å²) in [6.07, 6.45) is 1.68. The first kappa shape index (κ1) is 13.4. The Morgan fingerprint density at radius 3 is 2.83 bits per heavy atom. The van der Waals surface area contributed by atoms with Gasteiger partial charge in [-0.1, -0.05) is 0 Å². The van der Waals surface area contributed by atoms with Crippen LogP contribution >= 0.6 is 15.9 Å². The maximum absolute atomic E-state index is 13.5. The zero-order chi connectivity index (χ0) is 13.1. The van der Waals surface area contributed by atoms with Crippen LogP contribution in [0.5, 0.6) is 0 Å². The van der Waals surface area contributed by atoms with Crippen LogP contribution < -0.4 is 10.6 Å². The number of carbonyl (C=O) groups excluding carboxylic acids is 1. The van der Waals surface area contributed by atoms with E-state index < -0.39 is 11.6 Å². The summed E-state index contributed by atoms with van der Waals surface area (Å²) in [6.45, 7) is 1.47. The van der Waals surface area contributed by atoms with Crippen LogP contribution in [0.15, 0.2) is 16.6 Å². The zero-order valence-electron chi connectivity index (χ0n) is 9.60. The first-order valence-electron chi connectivity index (χ1n) is 5.74. The molecule has 1 atom stereocenters. The number of amides is 1. The smallest absolute Gasteiger partial charge is 0.228 e. The topological polar surface area (TPSA) is 41.1 Å². The highest BCUT2D eigenvalue weighted by molar-refractivity contribution is 9.10. The second kappa shape index (κ2) is 5.75. The molecular weight excluding hydrogens is 306 g/mol. The van der Waals surface area contributed by atoms with Crippen molar-refractivity contribution in [3.8, 4) is 0 Å². The van der Waals surface area contributed by atoms with Gasteiger partial charge in [-0.3, -0.25) is 4.79 Å². The highest BCUT2D eigenvalue weighted by Gasteiger charge is 2.22. The van der Waals surface area contributed by atoms with Crippen molar-refractivity contribution in [3.63, 3.8) is 0 Å². The summed E-state index contributed by atoms with van der Waals surface area (Å²) >= 11 is 2.89. The Labute approximate surface area is 112 Å². The van der Waals surface area contributed by atoms with Crippen molar-refractivity contribution in [2.75, 3.05) is 18.4 Å². The maximum atomic E-state index is 13.5. The number of hydrogen-bond acceptors (Lipinski definition) is 2. The minimum Gasteiger partial charge on any atom is -0.323 e. The van der Waals surface area contributed by atoms with Crippen molar-refractivity contribution in [2.45, 2.75) is 12.8 Å². The van der Waals surface area contributed by atoms with E-state index in [0.717, 1.165) is 31.5 Å². The molecule has 0 spiro atoms. The molecule has 1 heterocycles. The summed E-state index contributed by atoms with van der Waals surface area (Å²) in [5.41, 5.74) is -0.119. The SMILES string of the molecule is O=C(Nc1cc(F)c(Br)cc1F)C1CCCNC1. The third-order valence-electron chi connectivity index (χ3n) is 2.94. The van der Waals surface area contributed by atoms with E-state index in [0.29, 0.717) is 6.54 Å². The third-order valence-corrected chi connectivity index (χ3v) is 3.54. The van der Waals surface area contributed by atoms with Gasteiger partial charge in [0.1, 0.15) is 11.6 Å². The number of anilines is 1. The molecule has 0 saturated carbocycles. The molecule has 6 heteroatoms. The Morgan fingerprint density at radius 2 is 2.17 bits per heavy atom. The predicted octanol–water partition coefficient (Wildman–Crippen LogP) is 2.67. The lowest BCUT2D eigenvalue weighted by Crippen LogP contribution is -2.37. The molecule has 1 aromatic carbocycles. The molecule has 1 amide bonds. The summed E-state index contributed by atoms with van der Waals surface area (Å²) < 4.78 is 26.8. The molecular formula is C12H13BrF2N2O. The van der Waals surface area contributed by atoms with Crippen LogP contribution in [0.3, 0.4) is 0 Å². The molecule has 0 aromatic heterocycles. The molecule has 1 aliphatic rings. The Kier molecular flexibility index (Phi) is 4.29. The van der Waals surface area contributed by atoms with E-state index >= 15 is 0 Å². The van der Waals surface area contributed by atoms with Gasteiger partial charge in [-0.2, -0.15) is 0 Å². The van der Waals surface area contributed by atoms with Crippen molar-refractivity contribution < 1.29 is 13.6 Å². The van der Waals surface area contributed by atoms with Crippen LogP contribution in [-0.4, -0.2) is 19.0 Å². The van der Waals surface area contributed by atoms with Crippen molar-refractivity contribution in [1.82, 2.24) is 5.32 Å². The van der Waals surface area contributed by atoms with E-state index in [9.17, 15) is 13.6 Å². The fraction of sp³-hybridized carbons (Fsp3) is 0.417. The molecule has 2 rings (SSSR count). The van der Waals surface area contributed by atoms with E-state index in [4.69, 9.17) is 0 Å². The number of benzene rings is 1. The first-order valence-corrected chi connectivity index (χ1v) is 6.53. The quantitative estimate of drug-likeness (QED) is 0.823. The lowest BCUT2D eigenvalue weighted by atomic mass is 9.99. The van der Waals surface area contributed by atoms with E-state index in [1.54, 1.807) is 0 Å². The van der Waals surface area contributed by atoms with Gasteiger partial charge in [0.25, 0.3) is 0 Å². The number of nitrogens with one attached hydrogen (secondary N) is 2. The van der Waals surface area contributed by atoms with Gasteiger partial charge in [0, 0.05) is 12.6 Å². The molecule has 1 unspecified atom stereocenters. The van der Waals surface area contributed by atoms with Crippen LogP contribution in [0.4, 0.5) is 14.5 Å². The number of piperidine rings is 1. The average molecular weight is 319 g/mol. The number of carbonyl (C=O) groups is 1. The Bertz CT molecular complexity index is 462. The van der Waals surface area contributed by atoms with E-state index in [2.05, 4.69) is 26.6 Å². The normalized spacial score (nSPS) is 19.6. The van der Waals surface area contributed by atoms with Crippen LogP contribution in [0.25, 0.3) is 0 Å². The standard InChI is InChI=1S/C12H13BrF2N2O/c13-8-4-10(15)11(5-9(8)14)17-12(18)7-2-1-3-16-6-7/h4-5,7,16H,1-3,6H2,(H,17,18). The van der Waals surface area contributed by atoms with Crippen molar-refractivity contribution in [2.24, 2.45) is 5.92 Å². The molecule has 18 heavy (non-hydrogen) atoms. The molecule has 0 bridgehead atoms. The minimum atomic E-state index is -0.652. The van der Waals surface area contributed by atoms with Crippen LogP contribution in [0.1, 0.15) is 12.8 Å². The molecule has 3 nitrogen and oxygen atoms in total. The van der Waals surface area contributed by atoms with Gasteiger partial charge < -0.3 is 10.6 Å². The third kappa shape index (κ3) is 3.05. The van der Waals surface area contributed by atoms with E-state index in [-0.39, 0.29) is 22.0 Å². The van der Waals surface area contributed by atoms with Gasteiger partial charge in [-0.15, -0.1) is 0 Å². The summed E-state index contributed by atoms with van der Waals surface area (Å²) in [4.78, 5) is 11.9. The second-order valence-electron chi connectivity index (χ2n) is 4.28. The Morgan fingerprint density at radius 1 is 1.39 bits per heavy atom. The summed E-state index contributed by atoms with van der Waals surface area (Å²) in [6, 6.07) is 1.98. The Balaban J connectivity index is 2.08. The summed E-state index contributed by atoms with van der Waals surface area (Å²) in [5.74, 6) is -1.72. The average Bonchev–Trinajstić information content (AvgIpc) is 2.37. The largest absolute Gasteiger partial charge is 0.323 e. The van der Waals surface area contributed by atoms with Gasteiger partial charge >= 0.3 is 0 Å². The lowest BCUT2D eigenvalue weighted by Gasteiger charge is -2.22. The van der Waals surface area contributed by atoms with Gasteiger partial charge in [-0.25, -0.2) is 8.78 Å². The molecule has 98 valence electrons. The highest BCUT2D eigenvalue weighted by Crippen LogP contribution is 2.24. The summed E-state index contributed by atoms with van der Waals surface area (Å²) in [5, 5.41) is 5.53. The van der Waals surface area contributed by atoms with Crippen molar-refractivity contribution in [1.29, 1.82) is 0 Å². The fourth-order valence-electron chi connectivity index (χ4n) is 1.93. The molecule has 1 saturated heterocycles. The zero-order valence-corrected chi connectivity index (χ0v) is 11.2. The van der Waals surface area contributed by atoms with Gasteiger partial charge in [0.15, 0.2) is 0 Å². The molecule has 0 radical (unpaired) electrons.